The molecule has 0 aliphatic carbocycles. The van der Waals surface area contributed by atoms with Gasteiger partial charge in [-0.3, -0.25) is 4.79 Å². The number of aliphatic carboxylic acids is 1. The molecule has 0 radical (unpaired) electrons. The zero-order valence-electron chi connectivity index (χ0n) is 9.44. The van der Waals surface area contributed by atoms with E-state index < -0.39 is 29.4 Å². The van der Waals surface area contributed by atoms with Gasteiger partial charge < -0.3 is 20.9 Å². The first-order valence-corrected chi connectivity index (χ1v) is 4.70. The van der Waals surface area contributed by atoms with Gasteiger partial charge in [-0.05, 0) is 20.8 Å². The molecule has 0 aromatic heterocycles. The monoisotopic (exact) mass is 232 g/mol. The Bertz CT molecular complexity index is 300. The molecule has 0 spiro atoms. The summed E-state index contributed by atoms with van der Waals surface area (Å²) in [6.45, 7) is 4.24. The van der Waals surface area contributed by atoms with Gasteiger partial charge in [0.2, 0.25) is 5.91 Å². The highest BCUT2D eigenvalue weighted by Crippen LogP contribution is 2.02. The van der Waals surface area contributed by atoms with Gasteiger partial charge in [0.1, 0.15) is 5.54 Å². The summed E-state index contributed by atoms with van der Waals surface area (Å²) in [7, 11) is 0. The van der Waals surface area contributed by atoms with Crippen LogP contribution in [0.1, 0.15) is 20.8 Å². The molecule has 0 aromatic carbocycles. The predicted octanol–water partition coefficient (Wildman–Crippen LogP) is -1.14. The Kier molecular flexibility index (Phi) is 4.90. The van der Waals surface area contributed by atoms with Crippen LogP contribution in [0.3, 0.4) is 0 Å². The van der Waals surface area contributed by atoms with Crippen LogP contribution in [0.5, 0.6) is 0 Å². The van der Waals surface area contributed by atoms with Gasteiger partial charge in [0, 0.05) is 0 Å². The Hall–Kier alpha value is -1.63. The highest BCUT2D eigenvalue weighted by molar-refractivity contribution is 6.03. The molecule has 0 saturated carbocycles. The number of carbonyl (C=O) groups excluding carboxylic acids is 2. The zero-order chi connectivity index (χ0) is 12.9. The van der Waals surface area contributed by atoms with Crippen LogP contribution < -0.4 is 11.1 Å². The smallest absolute Gasteiger partial charge is 0.332 e. The van der Waals surface area contributed by atoms with Crippen molar-refractivity contribution < 1.29 is 24.2 Å². The molecular weight excluding hydrogens is 216 g/mol. The van der Waals surface area contributed by atoms with Gasteiger partial charge in [0.05, 0.1) is 6.61 Å². The Labute approximate surface area is 92.9 Å². The standard InChI is InChI=1S/C9H16N2O5/c1-4-16-7(13)5(10)6(12)11-9(2,3)8(14)15/h5H,4,10H2,1-3H3,(H,11,12)(H,14,15). The molecule has 1 atom stereocenters. The van der Waals surface area contributed by atoms with E-state index in [1.54, 1.807) is 6.92 Å². The number of esters is 1. The van der Waals surface area contributed by atoms with Gasteiger partial charge in [-0.25, -0.2) is 9.59 Å². The molecule has 16 heavy (non-hydrogen) atoms. The first-order valence-electron chi connectivity index (χ1n) is 4.70. The molecule has 0 fully saturated rings. The Balaban J connectivity index is 4.47. The lowest BCUT2D eigenvalue weighted by molar-refractivity contribution is -0.151. The molecule has 0 saturated heterocycles. The lowest BCUT2D eigenvalue weighted by atomic mass is 10.1. The summed E-state index contributed by atoms with van der Waals surface area (Å²) in [6, 6.07) is -1.52. The lowest BCUT2D eigenvalue weighted by Gasteiger charge is -2.22. The number of hydrogen-bond acceptors (Lipinski definition) is 5. The van der Waals surface area contributed by atoms with Crippen LogP contribution in [0.25, 0.3) is 0 Å². The number of nitrogens with two attached hydrogens (primary N) is 1. The van der Waals surface area contributed by atoms with Crippen LogP contribution in [0.15, 0.2) is 0 Å². The number of nitrogens with one attached hydrogen (secondary N) is 1. The van der Waals surface area contributed by atoms with Gasteiger partial charge in [0.25, 0.3) is 0 Å². The summed E-state index contributed by atoms with van der Waals surface area (Å²) in [5, 5.41) is 10.9. The molecule has 0 rings (SSSR count). The Morgan fingerprint density at radius 2 is 1.94 bits per heavy atom. The summed E-state index contributed by atoms with van der Waals surface area (Å²) in [5.41, 5.74) is 3.79. The quantitative estimate of drug-likeness (QED) is 0.407. The first kappa shape index (κ1) is 14.4. The molecule has 0 bridgehead atoms. The second kappa shape index (κ2) is 5.45. The van der Waals surface area contributed by atoms with E-state index in [9.17, 15) is 14.4 Å². The van der Waals surface area contributed by atoms with E-state index in [0.717, 1.165) is 0 Å². The summed E-state index contributed by atoms with van der Waals surface area (Å²) in [4.78, 5) is 33.2. The zero-order valence-corrected chi connectivity index (χ0v) is 9.44. The summed E-state index contributed by atoms with van der Waals surface area (Å²) in [6.07, 6.45) is 0. The minimum atomic E-state index is -1.52. The molecule has 0 heterocycles. The molecule has 7 nitrogen and oxygen atoms in total. The van der Waals surface area contributed by atoms with Crippen molar-refractivity contribution in [2.75, 3.05) is 6.61 Å². The number of carbonyl (C=O) groups is 3. The van der Waals surface area contributed by atoms with E-state index in [4.69, 9.17) is 10.8 Å². The number of amides is 1. The Morgan fingerprint density at radius 3 is 2.31 bits per heavy atom. The fourth-order valence-corrected chi connectivity index (χ4v) is 0.778. The van der Waals surface area contributed by atoms with Crippen LogP contribution in [0.4, 0.5) is 0 Å². The topological polar surface area (TPSA) is 119 Å². The summed E-state index contributed by atoms with van der Waals surface area (Å²) >= 11 is 0. The van der Waals surface area contributed by atoms with Crippen LogP contribution in [0.2, 0.25) is 0 Å². The number of carboxylic acid groups (broad SMARTS) is 1. The summed E-state index contributed by atoms with van der Waals surface area (Å²) < 4.78 is 4.53. The summed E-state index contributed by atoms with van der Waals surface area (Å²) in [5.74, 6) is -3.00. The first-order chi connectivity index (χ1) is 7.22. The third-order valence-corrected chi connectivity index (χ3v) is 1.79. The van der Waals surface area contributed by atoms with Crippen molar-refractivity contribution in [2.45, 2.75) is 32.4 Å². The number of hydrogen-bond donors (Lipinski definition) is 3. The SMILES string of the molecule is CCOC(=O)C(N)C(=O)NC(C)(C)C(=O)O. The second-order valence-corrected chi connectivity index (χ2v) is 3.65. The van der Waals surface area contributed by atoms with Gasteiger partial charge in [0.15, 0.2) is 6.04 Å². The van der Waals surface area contributed by atoms with Crippen molar-refractivity contribution in [1.82, 2.24) is 5.32 Å². The van der Waals surface area contributed by atoms with Gasteiger partial charge in [-0.2, -0.15) is 0 Å². The van der Waals surface area contributed by atoms with Crippen LogP contribution in [-0.4, -0.2) is 41.1 Å². The van der Waals surface area contributed by atoms with Crippen molar-refractivity contribution in [3.63, 3.8) is 0 Å². The van der Waals surface area contributed by atoms with Crippen molar-refractivity contribution in [2.24, 2.45) is 5.73 Å². The maximum atomic E-state index is 11.4. The normalized spacial score (nSPS) is 12.8. The highest BCUT2D eigenvalue weighted by Gasteiger charge is 2.33. The average Bonchev–Trinajstić information content (AvgIpc) is 2.15. The minimum absolute atomic E-state index is 0.0993. The third-order valence-electron chi connectivity index (χ3n) is 1.79. The fraction of sp³-hybridized carbons (Fsp3) is 0.667. The van der Waals surface area contributed by atoms with Gasteiger partial charge >= 0.3 is 11.9 Å². The third kappa shape index (κ3) is 3.85. The van der Waals surface area contributed by atoms with E-state index in [1.807, 2.05) is 0 Å². The van der Waals surface area contributed by atoms with Gasteiger partial charge in [-0.15, -0.1) is 0 Å². The fourth-order valence-electron chi connectivity index (χ4n) is 0.778. The molecule has 7 heteroatoms. The van der Waals surface area contributed by atoms with Crippen molar-refractivity contribution in [3.05, 3.63) is 0 Å². The number of carboxylic acids is 1. The molecule has 4 N–H and O–H groups in total. The molecule has 0 aliphatic rings. The van der Waals surface area contributed by atoms with Crippen molar-refractivity contribution in [1.29, 1.82) is 0 Å². The second-order valence-electron chi connectivity index (χ2n) is 3.65. The number of rotatable bonds is 5. The molecule has 1 unspecified atom stereocenters. The molecule has 0 aliphatic heterocycles. The van der Waals surface area contributed by atoms with E-state index in [-0.39, 0.29) is 6.61 Å². The highest BCUT2D eigenvalue weighted by atomic mass is 16.5. The molecule has 0 aromatic rings. The maximum absolute atomic E-state index is 11.4. The van der Waals surface area contributed by atoms with Crippen LogP contribution >= 0.6 is 0 Å². The molecule has 92 valence electrons. The van der Waals surface area contributed by atoms with E-state index in [1.165, 1.54) is 13.8 Å². The average molecular weight is 232 g/mol. The van der Waals surface area contributed by atoms with Crippen LogP contribution in [-0.2, 0) is 19.1 Å². The lowest BCUT2D eigenvalue weighted by Crippen LogP contribution is -2.56. The largest absolute Gasteiger partial charge is 0.480 e. The molecule has 1 amide bonds. The van der Waals surface area contributed by atoms with Crippen molar-refractivity contribution in [3.8, 4) is 0 Å². The van der Waals surface area contributed by atoms with Crippen molar-refractivity contribution >= 4 is 17.8 Å². The van der Waals surface area contributed by atoms with E-state index in [2.05, 4.69) is 10.1 Å². The van der Waals surface area contributed by atoms with E-state index >= 15 is 0 Å². The predicted molar refractivity (Wildman–Crippen MR) is 54.5 cm³/mol. The Morgan fingerprint density at radius 1 is 1.44 bits per heavy atom. The molecular formula is C9H16N2O5. The van der Waals surface area contributed by atoms with Crippen LogP contribution in [0, 0.1) is 0 Å². The number of ether oxygens (including phenoxy) is 1. The maximum Gasteiger partial charge on any atom is 0.332 e. The van der Waals surface area contributed by atoms with E-state index in [0.29, 0.717) is 0 Å². The van der Waals surface area contributed by atoms with Gasteiger partial charge in [-0.1, -0.05) is 0 Å². The minimum Gasteiger partial charge on any atom is -0.480 e.